The lowest BCUT2D eigenvalue weighted by Crippen LogP contribution is -1.78. The number of aryl methyl sites for hydroxylation is 2. The summed E-state index contributed by atoms with van der Waals surface area (Å²) >= 11 is 1.85. The van der Waals surface area contributed by atoms with Crippen LogP contribution in [0.15, 0.2) is 96.7 Å². The highest BCUT2D eigenvalue weighted by Gasteiger charge is 1.99. The molecule has 1 heteroatoms. The Morgan fingerprint density at radius 3 is 2.40 bits per heavy atom. The molecule has 0 amide bonds. The van der Waals surface area contributed by atoms with E-state index in [1.165, 1.54) is 32.0 Å². The third kappa shape index (κ3) is 6.21. The van der Waals surface area contributed by atoms with Gasteiger partial charge in [0.05, 0.1) is 0 Å². The molecule has 0 fully saturated rings. The lowest BCUT2D eigenvalue weighted by Gasteiger charge is -1.98. The van der Waals surface area contributed by atoms with Crippen molar-refractivity contribution in [1.29, 1.82) is 0 Å². The van der Waals surface area contributed by atoms with Gasteiger partial charge in [-0.1, -0.05) is 78.9 Å². The van der Waals surface area contributed by atoms with Gasteiger partial charge in [-0.25, -0.2) is 0 Å². The van der Waals surface area contributed by atoms with Gasteiger partial charge >= 0.3 is 0 Å². The highest BCUT2D eigenvalue weighted by Crippen LogP contribution is 2.27. The molecule has 1 heterocycles. The molecule has 3 rings (SSSR count). The van der Waals surface area contributed by atoms with Gasteiger partial charge in [0, 0.05) is 9.75 Å². The van der Waals surface area contributed by atoms with Gasteiger partial charge in [0.25, 0.3) is 0 Å². The van der Waals surface area contributed by atoms with Crippen molar-refractivity contribution in [3.8, 4) is 10.4 Å². The predicted octanol–water partition coefficient (Wildman–Crippen LogP) is 7.59. The second kappa shape index (κ2) is 9.80. The Bertz CT molecular complexity index is 808. The van der Waals surface area contributed by atoms with Crippen LogP contribution in [0.2, 0.25) is 0 Å². The molecule has 0 atom stereocenters. The molecular formula is C24H26S. The molecule has 0 nitrogen and oxygen atoms in total. The first-order valence-electron chi connectivity index (χ1n) is 8.56. The zero-order valence-electron chi connectivity index (χ0n) is 15.3. The fourth-order valence-corrected chi connectivity index (χ4v) is 3.29. The zero-order valence-corrected chi connectivity index (χ0v) is 16.1. The highest BCUT2D eigenvalue weighted by molar-refractivity contribution is 7.15. The van der Waals surface area contributed by atoms with Gasteiger partial charge in [-0.05, 0) is 56.0 Å². The van der Waals surface area contributed by atoms with E-state index in [0.29, 0.717) is 0 Å². The molecule has 0 N–H and O–H groups in total. The maximum atomic E-state index is 3.64. The van der Waals surface area contributed by atoms with E-state index < -0.39 is 0 Å². The number of hydrogen-bond donors (Lipinski definition) is 0. The Balaban J connectivity index is 0.000000181. The maximum Gasteiger partial charge on any atom is 0.0345 e. The molecule has 0 radical (unpaired) electrons. The molecule has 0 saturated carbocycles. The van der Waals surface area contributed by atoms with E-state index in [1.807, 2.05) is 17.4 Å². The molecule has 0 unspecified atom stereocenters. The largest absolute Gasteiger partial charge is 0.141 e. The van der Waals surface area contributed by atoms with Crippen molar-refractivity contribution in [1.82, 2.24) is 0 Å². The van der Waals surface area contributed by atoms with Crippen molar-refractivity contribution in [3.05, 3.63) is 107 Å². The van der Waals surface area contributed by atoms with Crippen molar-refractivity contribution in [2.75, 3.05) is 0 Å². The average molecular weight is 347 g/mol. The molecule has 2 aromatic rings. The summed E-state index contributed by atoms with van der Waals surface area (Å²) in [6.45, 7) is 10.0. The maximum absolute atomic E-state index is 3.64. The molecule has 0 spiro atoms. The average Bonchev–Trinajstić information content (AvgIpc) is 2.94. The smallest absolute Gasteiger partial charge is 0.0345 e. The van der Waals surface area contributed by atoms with Gasteiger partial charge in [-0.3, -0.25) is 0 Å². The number of rotatable bonds is 3. The normalized spacial score (nSPS) is 13.6. The third-order valence-electron chi connectivity index (χ3n) is 3.90. The number of thiophene rings is 1. The Kier molecular flexibility index (Phi) is 7.43. The fraction of sp³-hybridized carbons (Fsp3) is 0.167. The Morgan fingerprint density at radius 2 is 1.76 bits per heavy atom. The van der Waals surface area contributed by atoms with E-state index in [2.05, 4.69) is 94.1 Å². The lowest BCUT2D eigenvalue weighted by molar-refractivity contribution is 1.35. The van der Waals surface area contributed by atoms with Crippen molar-refractivity contribution in [2.45, 2.75) is 27.2 Å². The van der Waals surface area contributed by atoms with Crippen LogP contribution in [0.3, 0.4) is 0 Å². The molecule has 1 aromatic carbocycles. The Morgan fingerprint density at radius 1 is 1.00 bits per heavy atom. The number of benzene rings is 1. The molecule has 0 bridgehead atoms. The molecule has 1 aromatic heterocycles. The first-order valence-corrected chi connectivity index (χ1v) is 9.38. The SMILES string of the molecule is C=C/C=C\C1=CCC=CC=C1C.Cc1ccc(-c2ccc(C)s2)cc1. The minimum absolute atomic E-state index is 1.02. The second-order valence-electron chi connectivity index (χ2n) is 6.04. The summed E-state index contributed by atoms with van der Waals surface area (Å²) in [4.78, 5) is 2.73. The summed E-state index contributed by atoms with van der Waals surface area (Å²) in [5.41, 5.74) is 5.24. The molecule has 1 aliphatic rings. The highest BCUT2D eigenvalue weighted by atomic mass is 32.1. The first kappa shape index (κ1) is 19.0. The van der Waals surface area contributed by atoms with Crippen LogP contribution in [0.5, 0.6) is 0 Å². The van der Waals surface area contributed by atoms with Crippen molar-refractivity contribution < 1.29 is 0 Å². The van der Waals surface area contributed by atoms with Gasteiger partial charge in [0.1, 0.15) is 0 Å². The van der Waals surface area contributed by atoms with Gasteiger partial charge in [0.15, 0.2) is 0 Å². The van der Waals surface area contributed by atoms with Crippen molar-refractivity contribution in [2.24, 2.45) is 0 Å². The summed E-state index contributed by atoms with van der Waals surface area (Å²) in [7, 11) is 0. The number of allylic oxidation sites excluding steroid dienone is 9. The topological polar surface area (TPSA) is 0 Å². The summed E-state index contributed by atoms with van der Waals surface area (Å²) in [6, 6.07) is 13.0. The summed E-state index contributed by atoms with van der Waals surface area (Å²) in [5, 5.41) is 0. The minimum atomic E-state index is 1.02. The second-order valence-corrected chi connectivity index (χ2v) is 7.33. The van der Waals surface area contributed by atoms with Gasteiger partial charge < -0.3 is 0 Å². The van der Waals surface area contributed by atoms with Crippen LogP contribution < -0.4 is 0 Å². The van der Waals surface area contributed by atoms with Crippen LogP contribution in [0.1, 0.15) is 23.8 Å². The molecule has 0 saturated heterocycles. The summed E-state index contributed by atoms with van der Waals surface area (Å²) in [5.74, 6) is 0. The molecular weight excluding hydrogens is 320 g/mol. The van der Waals surface area contributed by atoms with Crippen LogP contribution >= 0.6 is 11.3 Å². The summed E-state index contributed by atoms with van der Waals surface area (Å²) < 4.78 is 0. The monoisotopic (exact) mass is 346 g/mol. The minimum Gasteiger partial charge on any atom is -0.141 e. The molecule has 128 valence electrons. The van der Waals surface area contributed by atoms with Crippen LogP contribution in [-0.2, 0) is 0 Å². The van der Waals surface area contributed by atoms with Gasteiger partial charge in [-0.2, -0.15) is 0 Å². The quantitative estimate of drug-likeness (QED) is 0.502. The lowest BCUT2D eigenvalue weighted by atomic mass is 10.1. The van der Waals surface area contributed by atoms with E-state index in [1.54, 1.807) is 6.08 Å². The summed E-state index contributed by atoms with van der Waals surface area (Å²) in [6.07, 6.45) is 15.5. The molecule has 1 aliphatic carbocycles. The van der Waals surface area contributed by atoms with Crippen molar-refractivity contribution in [3.63, 3.8) is 0 Å². The van der Waals surface area contributed by atoms with Gasteiger partial charge in [-0.15, -0.1) is 11.3 Å². The van der Waals surface area contributed by atoms with Crippen LogP contribution in [0, 0.1) is 13.8 Å². The van der Waals surface area contributed by atoms with Gasteiger partial charge in [0.2, 0.25) is 0 Å². The van der Waals surface area contributed by atoms with E-state index in [-0.39, 0.29) is 0 Å². The first-order chi connectivity index (χ1) is 12.1. The third-order valence-corrected chi connectivity index (χ3v) is 4.95. The van der Waals surface area contributed by atoms with E-state index >= 15 is 0 Å². The number of hydrogen-bond acceptors (Lipinski definition) is 1. The fourth-order valence-electron chi connectivity index (χ4n) is 2.42. The van der Waals surface area contributed by atoms with E-state index in [4.69, 9.17) is 0 Å². The van der Waals surface area contributed by atoms with Crippen LogP contribution in [-0.4, -0.2) is 0 Å². The van der Waals surface area contributed by atoms with Crippen molar-refractivity contribution >= 4 is 11.3 Å². The standard InChI is InChI=1S/C12H12S.C12H14/c1-9-3-6-11(7-4-9)12-8-5-10(2)13-12;1-3-4-9-12-10-7-5-6-8-11(12)2/h3-8H,1-2H3;3-6,8-10H,1,7H2,2H3/b;9-4-. The van der Waals surface area contributed by atoms with Crippen LogP contribution in [0.4, 0.5) is 0 Å². The van der Waals surface area contributed by atoms with E-state index in [9.17, 15) is 0 Å². The van der Waals surface area contributed by atoms with E-state index in [0.717, 1.165) is 6.42 Å². The molecule has 0 aliphatic heterocycles. The Labute approximate surface area is 156 Å². The zero-order chi connectivity index (χ0) is 18.1. The Hall–Kier alpha value is -2.38. The predicted molar refractivity (Wildman–Crippen MR) is 114 cm³/mol. The van der Waals surface area contributed by atoms with Crippen LogP contribution in [0.25, 0.3) is 10.4 Å². The molecule has 25 heavy (non-hydrogen) atoms.